The van der Waals surface area contributed by atoms with E-state index in [1.165, 1.54) is 7.11 Å². The molecule has 3 aromatic rings. The van der Waals surface area contributed by atoms with Crippen LogP contribution >= 0.6 is 15.9 Å². The van der Waals surface area contributed by atoms with Crippen LogP contribution in [0.15, 0.2) is 77.3 Å². The number of carbonyl (C=O) groups is 2. The summed E-state index contributed by atoms with van der Waals surface area (Å²) in [5.74, 6) is 0.0251. The average Bonchev–Trinajstić information content (AvgIpc) is 2.75. The van der Waals surface area contributed by atoms with Crippen LogP contribution < -0.4 is 15.0 Å². The lowest BCUT2D eigenvalue weighted by Crippen LogP contribution is -2.30. The number of anilines is 2. The van der Waals surface area contributed by atoms with Crippen molar-refractivity contribution in [1.29, 1.82) is 0 Å². The van der Waals surface area contributed by atoms with Gasteiger partial charge in [0.05, 0.1) is 12.7 Å². The molecule has 0 aromatic heterocycles. The second kappa shape index (κ2) is 9.39. The zero-order valence-corrected chi connectivity index (χ0v) is 17.8. The first kappa shape index (κ1) is 20.6. The fourth-order valence-electron chi connectivity index (χ4n) is 2.99. The maximum Gasteiger partial charge on any atom is 0.259 e. The molecule has 0 fully saturated rings. The fraction of sp³-hybridized carbons (Fsp3) is 0.130. The van der Waals surface area contributed by atoms with Crippen LogP contribution in [0.4, 0.5) is 11.4 Å². The van der Waals surface area contributed by atoms with Crippen molar-refractivity contribution in [2.24, 2.45) is 0 Å². The molecular weight excluding hydrogens is 432 g/mol. The molecule has 0 spiro atoms. The zero-order chi connectivity index (χ0) is 20.8. The Balaban J connectivity index is 1.83. The molecule has 0 saturated heterocycles. The lowest BCUT2D eigenvalue weighted by Gasteiger charge is -2.21. The third kappa shape index (κ3) is 4.84. The van der Waals surface area contributed by atoms with E-state index in [4.69, 9.17) is 4.74 Å². The topological polar surface area (TPSA) is 58.6 Å². The molecule has 2 amide bonds. The second-order valence-electron chi connectivity index (χ2n) is 6.26. The Labute approximate surface area is 178 Å². The lowest BCUT2D eigenvalue weighted by molar-refractivity contribution is 0.0985. The number of nitrogens with zero attached hydrogens (tertiary/aromatic N) is 1. The van der Waals surface area contributed by atoms with Crippen molar-refractivity contribution in [3.8, 4) is 5.75 Å². The van der Waals surface area contributed by atoms with E-state index >= 15 is 0 Å². The number of halogens is 1. The predicted molar refractivity (Wildman–Crippen MR) is 119 cm³/mol. The van der Waals surface area contributed by atoms with E-state index in [-0.39, 0.29) is 11.8 Å². The van der Waals surface area contributed by atoms with Gasteiger partial charge in [0.1, 0.15) is 5.75 Å². The molecule has 1 N–H and O–H groups in total. The standard InChI is InChI=1S/C23H21BrN2O3/c1-3-26(19-10-5-4-6-11-19)23(28)16-8-7-9-18(14-16)25-22(27)20-15-17(24)12-13-21(20)29-2/h4-15H,3H2,1-2H3,(H,25,27). The number of hydrogen-bond donors (Lipinski definition) is 1. The molecule has 148 valence electrons. The van der Waals surface area contributed by atoms with Crippen molar-refractivity contribution >= 4 is 39.1 Å². The van der Waals surface area contributed by atoms with Gasteiger partial charge >= 0.3 is 0 Å². The summed E-state index contributed by atoms with van der Waals surface area (Å²) in [4.78, 5) is 27.4. The van der Waals surface area contributed by atoms with Crippen LogP contribution in [0.2, 0.25) is 0 Å². The Morgan fingerprint density at radius 3 is 2.45 bits per heavy atom. The molecular formula is C23H21BrN2O3. The highest BCUT2D eigenvalue weighted by Gasteiger charge is 2.18. The van der Waals surface area contributed by atoms with Gasteiger partial charge < -0.3 is 15.0 Å². The molecule has 29 heavy (non-hydrogen) atoms. The minimum Gasteiger partial charge on any atom is -0.496 e. The van der Waals surface area contributed by atoms with E-state index in [1.54, 1.807) is 47.4 Å². The van der Waals surface area contributed by atoms with Gasteiger partial charge in [-0.1, -0.05) is 40.2 Å². The van der Waals surface area contributed by atoms with Gasteiger partial charge in [-0.2, -0.15) is 0 Å². The molecule has 0 heterocycles. The van der Waals surface area contributed by atoms with Crippen LogP contribution in [0.25, 0.3) is 0 Å². The lowest BCUT2D eigenvalue weighted by atomic mass is 10.1. The van der Waals surface area contributed by atoms with Crippen molar-refractivity contribution in [2.45, 2.75) is 6.92 Å². The summed E-state index contributed by atoms with van der Waals surface area (Å²) < 4.78 is 6.05. The maximum atomic E-state index is 13.0. The molecule has 5 nitrogen and oxygen atoms in total. The highest BCUT2D eigenvalue weighted by molar-refractivity contribution is 9.10. The van der Waals surface area contributed by atoms with Gasteiger partial charge in [0.25, 0.3) is 11.8 Å². The van der Waals surface area contributed by atoms with E-state index in [1.807, 2.05) is 37.3 Å². The van der Waals surface area contributed by atoms with Gasteiger partial charge in [0, 0.05) is 28.0 Å². The molecule has 3 rings (SSSR count). The van der Waals surface area contributed by atoms with Gasteiger partial charge in [-0.25, -0.2) is 0 Å². The first-order valence-electron chi connectivity index (χ1n) is 9.15. The molecule has 0 radical (unpaired) electrons. The van der Waals surface area contributed by atoms with E-state index in [0.29, 0.717) is 29.1 Å². The molecule has 0 aliphatic rings. The number of amides is 2. The summed E-state index contributed by atoms with van der Waals surface area (Å²) in [6.45, 7) is 2.46. The van der Waals surface area contributed by atoms with Gasteiger partial charge in [-0.05, 0) is 55.5 Å². The van der Waals surface area contributed by atoms with Crippen molar-refractivity contribution < 1.29 is 14.3 Å². The summed E-state index contributed by atoms with van der Waals surface area (Å²) >= 11 is 3.37. The Bertz CT molecular complexity index is 1020. The average molecular weight is 453 g/mol. The molecule has 0 bridgehead atoms. The number of para-hydroxylation sites is 1. The molecule has 0 aliphatic heterocycles. The van der Waals surface area contributed by atoms with Crippen LogP contribution in [0.5, 0.6) is 5.75 Å². The number of rotatable bonds is 6. The normalized spacial score (nSPS) is 10.3. The highest BCUT2D eigenvalue weighted by atomic mass is 79.9. The molecule has 0 atom stereocenters. The van der Waals surface area contributed by atoms with Crippen molar-refractivity contribution in [3.63, 3.8) is 0 Å². The summed E-state index contributed by atoms with van der Waals surface area (Å²) in [7, 11) is 1.52. The third-order valence-electron chi connectivity index (χ3n) is 4.40. The van der Waals surface area contributed by atoms with Crippen LogP contribution in [0.1, 0.15) is 27.6 Å². The van der Waals surface area contributed by atoms with Crippen LogP contribution in [-0.2, 0) is 0 Å². The maximum absolute atomic E-state index is 13.0. The Kier molecular flexibility index (Phi) is 6.67. The minimum atomic E-state index is -0.317. The summed E-state index contributed by atoms with van der Waals surface area (Å²) in [6.07, 6.45) is 0. The first-order valence-corrected chi connectivity index (χ1v) is 9.94. The number of carbonyl (C=O) groups excluding carboxylic acids is 2. The molecule has 0 unspecified atom stereocenters. The number of benzene rings is 3. The monoisotopic (exact) mass is 452 g/mol. The molecule has 0 aliphatic carbocycles. The van der Waals surface area contributed by atoms with E-state index in [0.717, 1.165) is 10.2 Å². The SMILES string of the molecule is CCN(C(=O)c1cccc(NC(=O)c2cc(Br)ccc2OC)c1)c1ccccc1. The third-order valence-corrected chi connectivity index (χ3v) is 4.90. The van der Waals surface area contributed by atoms with Crippen LogP contribution in [0.3, 0.4) is 0 Å². The largest absolute Gasteiger partial charge is 0.496 e. The quantitative estimate of drug-likeness (QED) is 0.546. The zero-order valence-electron chi connectivity index (χ0n) is 16.2. The van der Waals surface area contributed by atoms with E-state index < -0.39 is 0 Å². The number of methoxy groups -OCH3 is 1. The van der Waals surface area contributed by atoms with E-state index in [2.05, 4.69) is 21.2 Å². The number of nitrogens with one attached hydrogen (secondary N) is 1. The Morgan fingerprint density at radius 2 is 1.76 bits per heavy atom. The van der Waals surface area contributed by atoms with Gasteiger partial charge in [0.15, 0.2) is 0 Å². The Hall–Kier alpha value is -3.12. The minimum absolute atomic E-state index is 0.130. The molecule has 0 saturated carbocycles. The van der Waals surface area contributed by atoms with Crippen molar-refractivity contribution in [2.75, 3.05) is 23.9 Å². The smallest absolute Gasteiger partial charge is 0.259 e. The second-order valence-corrected chi connectivity index (χ2v) is 7.18. The molecule has 3 aromatic carbocycles. The number of ether oxygens (including phenoxy) is 1. The van der Waals surface area contributed by atoms with Crippen LogP contribution in [0, 0.1) is 0 Å². The van der Waals surface area contributed by atoms with E-state index in [9.17, 15) is 9.59 Å². The highest BCUT2D eigenvalue weighted by Crippen LogP contribution is 2.25. The van der Waals surface area contributed by atoms with Gasteiger partial charge in [0.2, 0.25) is 0 Å². The summed E-state index contributed by atoms with van der Waals surface area (Å²) in [6, 6.07) is 21.6. The van der Waals surface area contributed by atoms with Gasteiger partial charge in [-0.3, -0.25) is 9.59 Å². The van der Waals surface area contributed by atoms with Crippen molar-refractivity contribution in [3.05, 3.63) is 88.4 Å². The van der Waals surface area contributed by atoms with Gasteiger partial charge in [-0.15, -0.1) is 0 Å². The molecule has 6 heteroatoms. The predicted octanol–water partition coefficient (Wildman–Crippen LogP) is 5.38. The fourth-order valence-corrected chi connectivity index (χ4v) is 3.35. The van der Waals surface area contributed by atoms with Crippen molar-refractivity contribution in [1.82, 2.24) is 0 Å². The summed E-state index contributed by atoms with van der Waals surface area (Å²) in [5.41, 5.74) is 2.26. The summed E-state index contributed by atoms with van der Waals surface area (Å²) in [5, 5.41) is 2.84. The Morgan fingerprint density at radius 1 is 1.00 bits per heavy atom. The number of hydrogen-bond acceptors (Lipinski definition) is 3. The first-order chi connectivity index (χ1) is 14.0. The van der Waals surface area contributed by atoms with Crippen LogP contribution in [-0.4, -0.2) is 25.5 Å².